The molecule has 1 saturated heterocycles. The Bertz CT molecular complexity index is 652. The smallest absolute Gasteiger partial charge is 0.207 e. The van der Waals surface area contributed by atoms with Crippen molar-refractivity contribution in [2.45, 2.75) is 12.8 Å². The van der Waals surface area contributed by atoms with Crippen molar-refractivity contribution in [2.75, 3.05) is 25.1 Å². The Labute approximate surface area is 117 Å². The first kappa shape index (κ1) is 12.5. The first-order valence-corrected chi connectivity index (χ1v) is 6.59. The van der Waals surface area contributed by atoms with Crippen LogP contribution in [0, 0.1) is 11.3 Å². The molecule has 2 aromatic rings. The van der Waals surface area contributed by atoms with E-state index in [4.69, 9.17) is 4.74 Å². The number of benzene rings is 1. The van der Waals surface area contributed by atoms with Crippen molar-refractivity contribution in [1.82, 2.24) is 15.0 Å². The van der Waals surface area contributed by atoms with Crippen LogP contribution in [-0.2, 0) is 0 Å². The van der Waals surface area contributed by atoms with E-state index in [1.165, 1.54) is 4.80 Å². The summed E-state index contributed by atoms with van der Waals surface area (Å²) < 4.78 is 5.31. The molecule has 6 nitrogen and oxygen atoms in total. The highest BCUT2D eigenvalue weighted by molar-refractivity contribution is 5.52. The second kappa shape index (κ2) is 5.21. The first-order chi connectivity index (χ1) is 9.83. The van der Waals surface area contributed by atoms with E-state index >= 15 is 0 Å². The average molecular weight is 269 g/mol. The summed E-state index contributed by atoms with van der Waals surface area (Å²) in [6, 6.07) is 9.62. The van der Waals surface area contributed by atoms with Crippen molar-refractivity contribution in [1.29, 1.82) is 5.26 Å². The van der Waals surface area contributed by atoms with Crippen molar-refractivity contribution >= 4 is 5.82 Å². The molecule has 1 aliphatic heterocycles. The molecule has 0 spiro atoms. The number of anilines is 1. The van der Waals surface area contributed by atoms with Crippen molar-refractivity contribution in [3.63, 3.8) is 0 Å². The van der Waals surface area contributed by atoms with Gasteiger partial charge in [0.2, 0.25) is 5.69 Å². The van der Waals surface area contributed by atoms with Crippen LogP contribution in [-0.4, -0.2) is 35.2 Å². The lowest BCUT2D eigenvalue weighted by Gasteiger charge is -2.12. The van der Waals surface area contributed by atoms with E-state index in [0.717, 1.165) is 31.6 Å². The maximum absolute atomic E-state index is 9.24. The van der Waals surface area contributed by atoms with Crippen molar-refractivity contribution in [2.24, 2.45) is 0 Å². The molecule has 0 bridgehead atoms. The van der Waals surface area contributed by atoms with Gasteiger partial charge >= 0.3 is 0 Å². The number of methoxy groups -OCH3 is 1. The molecule has 0 atom stereocenters. The van der Waals surface area contributed by atoms with Crippen molar-refractivity contribution in [3.05, 3.63) is 30.0 Å². The number of nitriles is 1. The highest BCUT2D eigenvalue weighted by atomic mass is 16.5. The van der Waals surface area contributed by atoms with Gasteiger partial charge in [-0.15, -0.1) is 15.0 Å². The third-order valence-electron chi connectivity index (χ3n) is 3.41. The molecule has 1 aromatic heterocycles. The molecule has 0 radical (unpaired) electrons. The van der Waals surface area contributed by atoms with Crippen molar-refractivity contribution in [3.8, 4) is 17.5 Å². The molecule has 102 valence electrons. The highest BCUT2D eigenvalue weighted by Gasteiger charge is 2.22. The SMILES string of the molecule is COc1ccccc1-n1nc(C#N)c(N2CCCC2)n1. The van der Waals surface area contributed by atoms with E-state index in [1.54, 1.807) is 7.11 Å². The molecule has 0 amide bonds. The van der Waals surface area contributed by atoms with Crippen LogP contribution < -0.4 is 9.64 Å². The second-order valence-electron chi connectivity index (χ2n) is 4.64. The number of para-hydroxylation sites is 2. The van der Waals surface area contributed by atoms with Crippen molar-refractivity contribution < 1.29 is 4.74 Å². The number of hydrogen-bond donors (Lipinski definition) is 0. The standard InChI is InChI=1S/C14H15N5O/c1-20-13-7-3-2-6-12(13)19-16-11(10-15)14(17-19)18-8-4-5-9-18/h2-3,6-7H,4-5,8-9H2,1H3. The fourth-order valence-corrected chi connectivity index (χ4v) is 2.42. The molecule has 2 heterocycles. The summed E-state index contributed by atoms with van der Waals surface area (Å²) in [5, 5.41) is 18.0. The van der Waals surface area contributed by atoms with Gasteiger partial charge in [0.1, 0.15) is 17.5 Å². The van der Waals surface area contributed by atoms with Gasteiger partial charge in [-0.1, -0.05) is 12.1 Å². The number of nitrogens with zero attached hydrogens (tertiary/aromatic N) is 5. The first-order valence-electron chi connectivity index (χ1n) is 6.59. The zero-order valence-corrected chi connectivity index (χ0v) is 11.3. The quantitative estimate of drug-likeness (QED) is 0.849. The molecule has 1 aliphatic rings. The van der Waals surface area contributed by atoms with Gasteiger partial charge in [-0.25, -0.2) is 0 Å². The van der Waals surface area contributed by atoms with E-state index in [-0.39, 0.29) is 0 Å². The minimum Gasteiger partial charge on any atom is -0.494 e. The summed E-state index contributed by atoms with van der Waals surface area (Å²) in [5.41, 5.74) is 1.09. The minimum absolute atomic E-state index is 0.359. The minimum atomic E-state index is 0.359. The third kappa shape index (κ3) is 2.07. The maximum atomic E-state index is 9.24. The van der Waals surface area contributed by atoms with E-state index in [9.17, 15) is 5.26 Å². The number of rotatable bonds is 3. The maximum Gasteiger partial charge on any atom is 0.207 e. The lowest BCUT2D eigenvalue weighted by atomic mass is 10.3. The molecule has 6 heteroatoms. The molecular weight excluding hydrogens is 254 g/mol. The molecular formula is C14H15N5O. The average Bonchev–Trinajstić information content (AvgIpc) is 3.15. The van der Waals surface area contributed by atoms with Crippen LogP contribution in [0.25, 0.3) is 5.69 Å². The van der Waals surface area contributed by atoms with Gasteiger partial charge in [0.05, 0.1) is 7.11 Å². The second-order valence-corrected chi connectivity index (χ2v) is 4.64. The Morgan fingerprint density at radius 1 is 1.20 bits per heavy atom. The summed E-state index contributed by atoms with van der Waals surface area (Å²) in [6.45, 7) is 1.86. The van der Waals surface area contributed by atoms with Gasteiger partial charge in [-0.2, -0.15) is 5.26 Å². The van der Waals surface area contributed by atoms with Gasteiger partial charge < -0.3 is 9.64 Å². The van der Waals surface area contributed by atoms with E-state index < -0.39 is 0 Å². The van der Waals surface area contributed by atoms with Crippen LogP contribution in [0.1, 0.15) is 18.5 Å². The lowest BCUT2D eigenvalue weighted by Crippen LogP contribution is -2.19. The molecule has 1 fully saturated rings. The van der Waals surface area contributed by atoms with Crippen LogP contribution in [0.3, 0.4) is 0 Å². The molecule has 0 aliphatic carbocycles. The zero-order valence-electron chi connectivity index (χ0n) is 11.3. The predicted octanol–water partition coefficient (Wildman–Crippen LogP) is 1.75. The van der Waals surface area contributed by atoms with E-state index in [1.807, 2.05) is 24.3 Å². The number of aromatic nitrogens is 3. The van der Waals surface area contributed by atoms with Crippen LogP contribution >= 0.6 is 0 Å². The Morgan fingerprint density at radius 3 is 2.65 bits per heavy atom. The molecule has 1 aromatic carbocycles. The molecule has 3 rings (SSSR count). The summed E-state index contributed by atoms with van der Waals surface area (Å²) in [6.07, 6.45) is 2.26. The Morgan fingerprint density at radius 2 is 1.95 bits per heavy atom. The van der Waals surface area contributed by atoms with Gasteiger partial charge in [0.25, 0.3) is 0 Å². The molecule has 20 heavy (non-hydrogen) atoms. The summed E-state index contributed by atoms with van der Waals surface area (Å²) in [5.74, 6) is 1.34. The van der Waals surface area contributed by atoms with Gasteiger partial charge in [0, 0.05) is 13.1 Å². The number of ether oxygens (including phenoxy) is 1. The Balaban J connectivity index is 2.05. The highest BCUT2D eigenvalue weighted by Crippen LogP contribution is 2.25. The van der Waals surface area contributed by atoms with Gasteiger partial charge in [-0.05, 0) is 25.0 Å². The van der Waals surface area contributed by atoms with Crippen LogP contribution in [0.4, 0.5) is 5.82 Å². The summed E-state index contributed by atoms with van der Waals surface area (Å²) in [7, 11) is 1.61. The lowest BCUT2D eigenvalue weighted by molar-refractivity contribution is 0.410. The van der Waals surface area contributed by atoms with Crippen LogP contribution in [0.15, 0.2) is 24.3 Å². The predicted molar refractivity (Wildman–Crippen MR) is 74.1 cm³/mol. The zero-order chi connectivity index (χ0) is 13.9. The van der Waals surface area contributed by atoms with Gasteiger partial charge in [-0.3, -0.25) is 0 Å². The van der Waals surface area contributed by atoms with E-state index in [2.05, 4.69) is 21.2 Å². The monoisotopic (exact) mass is 269 g/mol. The fourth-order valence-electron chi connectivity index (χ4n) is 2.42. The summed E-state index contributed by atoms with van der Waals surface area (Å²) >= 11 is 0. The third-order valence-corrected chi connectivity index (χ3v) is 3.41. The molecule has 0 unspecified atom stereocenters. The normalized spacial score (nSPS) is 14.3. The fraction of sp³-hybridized carbons (Fsp3) is 0.357. The molecule has 0 N–H and O–H groups in total. The van der Waals surface area contributed by atoms with E-state index in [0.29, 0.717) is 17.3 Å². The van der Waals surface area contributed by atoms with Crippen LogP contribution in [0.2, 0.25) is 0 Å². The topological polar surface area (TPSA) is 67.0 Å². The Kier molecular flexibility index (Phi) is 3.25. The number of hydrogen-bond acceptors (Lipinski definition) is 5. The molecule has 0 saturated carbocycles. The van der Waals surface area contributed by atoms with Gasteiger partial charge in [0.15, 0.2) is 5.82 Å². The Hall–Kier alpha value is -2.55. The van der Waals surface area contributed by atoms with Crippen LogP contribution in [0.5, 0.6) is 5.75 Å². The summed E-state index contributed by atoms with van der Waals surface area (Å²) in [4.78, 5) is 3.59. The largest absolute Gasteiger partial charge is 0.494 e.